The molecule has 0 bridgehead atoms. The SMILES string of the molecule is Cc1ocnc1C(=O)NCCCSCc1ccccc1F. The van der Waals surface area contributed by atoms with Crippen LogP contribution >= 0.6 is 11.8 Å². The minimum atomic E-state index is -0.222. The molecule has 1 amide bonds. The van der Waals surface area contributed by atoms with Crippen LogP contribution in [-0.2, 0) is 5.75 Å². The molecule has 0 aliphatic rings. The fourth-order valence-corrected chi connectivity index (χ4v) is 2.73. The van der Waals surface area contributed by atoms with Gasteiger partial charge in [0.2, 0.25) is 0 Å². The molecule has 0 aliphatic carbocycles. The predicted octanol–water partition coefficient (Wildman–Crippen LogP) is 3.18. The number of amides is 1. The number of aryl methyl sites for hydroxylation is 1. The molecule has 0 spiro atoms. The first-order valence-corrected chi connectivity index (χ1v) is 7.83. The zero-order valence-corrected chi connectivity index (χ0v) is 12.6. The van der Waals surface area contributed by atoms with E-state index in [9.17, 15) is 9.18 Å². The van der Waals surface area contributed by atoms with Crippen molar-refractivity contribution < 1.29 is 13.6 Å². The molecule has 21 heavy (non-hydrogen) atoms. The third kappa shape index (κ3) is 4.60. The van der Waals surface area contributed by atoms with Gasteiger partial charge in [-0.2, -0.15) is 11.8 Å². The van der Waals surface area contributed by atoms with Gasteiger partial charge in [0.1, 0.15) is 11.6 Å². The van der Waals surface area contributed by atoms with Gasteiger partial charge in [-0.25, -0.2) is 9.37 Å². The highest BCUT2D eigenvalue weighted by Crippen LogP contribution is 2.15. The lowest BCUT2D eigenvalue weighted by Gasteiger charge is -2.05. The minimum absolute atomic E-state index is 0.167. The number of carbonyl (C=O) groups excluding carboxylic acids is 1. The molecule has 2 rings (SSSR count). The van der Waals surface area contributed by atoms with Crippen molar-refractivity contribution in [3.63, 3.8) is 0 Å². The van der Waals surface area contributed by atoms with Crippen LogP contribution in [0.5, 0.6) is 0 Å². The molecule has 0 saturated carbocycles. The number of halogens is 1. The van der Waals surface area contributed by atoms with Crippen LogP contribution < -0.4 is 5.32 Å². The summed E-state index contributed by atoms with van der Waals surface area (Å²) in [5.41, 5.74) is 1.04. The normalized spacial score (nSPS) is 10.6. The van der Waals surface area contributed by atoms with Crippen LogP contribution in [0.4, 0.5) is 4.39 Å². The second-order valence-electron chi connectivity index (χ2n) is 4.51. The van der Waals surface area contributed by atoms with Gasteiger partial charge in [0.25, 0.3) is 5.91 Å². The Morgan fingerprint density at radius 3 is 2.95 bits per heavy atom. The van der Waals surface area contributed by atoms with Crippen LogP contribution in [0.3, 0.4) is 0 Å². The number of nitrogens with zero attached hydrogens (tertiary/aromatic N) is 1. The first-order valence-electron chi connectivity index (χ1n) is 6.68. The van der Waals surface area contributed by atoms with Gasteiger partial charge in [0.15, 0.2) is 12.1 Å². The summed E-state index contributed by atoms with van der Waals surface area (Å²) in [5.74, 6) is 1.62. The lowest BCUT2D eigenvalue weighted by molar-refractivity contribution is 0.0948. The van der Waals surface area contributed by atoms with Crippen molar-refractivity contribution in [2.75, 3.05) is 12.3 Å². The second-order valence-corrected chi connectivity index (χ2v) is 5.62. The van der Waals surface area contributed by atoms with E-state index in [4.69, 9.17) is 4.42 Å². The molecule has 4 nitrogen and oxygen atoms in total. The Hall–Kier alpha value is -1.82. The molecule has 0 atom stereocenters. The number of hydrogen-bond acceptors (Lipinski definition) is 4. The third-order valence-electron chi connectivity index (χ3n) is 2.93. The van der Waals surface area contributed by atoms with Crippen LogP contribution in [0.15, 0.2) is 35.1 Å². The molecule has 1 heterocycles. The van der Waals surface area contributed by atoms with Crippen LogP contribution in [0.2, 0.25) is 0 Å². The highest BCUT2D eigenvalue weighted by molar-refractivity contribution is 7.98. The summed E-state index contributed by atoms with van der Waals surface area (Å²) in [5, 5.41) is 2.79. The summed E-state index contributed by atoms with van der Waals surface area (Å²) in [6.07, 6.45) is 2.08. The molecule has 6 heteroatoms. The Labute approximate surface area is 127 Å². The van der Waals surface area contributed by atoms with E-state index in [1.54, 1.807) is 30.8 Å². The standard InChI is InChI=1S/C15H17FN2O2S/c1-11-14(18-10-20-11)15(19)17-7-4-8-21-9-12-5-2-3-6-13(12)16/h2-3,5-6,10H,4,7-9H2,1H3,(H,17,19). The first kappa shape index (κ1) is 15.6. The summed E-state index contributed by atoms with van der Waals surface area (Å²) < 4.78 is 18.4. The van der Waals surface area contributed by atoms with Crippen molar-refractivity contribution in [1.29, 1.82) is 0 Å². The summed E-state index contributed by atoms with van der Waals surface area (Å²) >= 11 is 1.65. The van der Waals surface area contributed by atoms with E-state index in [-0.39, 0.29) is 11.7 Å². The largest absolute Gasteiger partial charge is 0.448 e. The lowest BCUT2D eigenvalue weighted by atomic mass is 10.2. The van der Waals surface area contributed by atoms with E-state index in [1.165, 1.54) is 12.5 Å². The van der Waals surface area contributed by atoms with Crippen molar-refractivity contribution in [3.05, 3.63) is 53.5 Å². The molecular weight excluding hydrogens is 291 g/mol. The summed E-state index contributed by atoms with van der Waals surface area (Å²) in [6.45, 7) is 2.27. The van der Waals surface area contributed by atoms with Crippen molar-refractivity contribution in [3.8, 4) is 0 Å². The number of nitrogens with one attached hydrogen (secondary N) is 1. The van der Waals surface area contributed by atoms with Gasteiger partial charge >= 0.3 is 0 Å². The molecule has 0 saturated heterocycles. The molecule has 1 aromatic heterocycles. The molecule has 0 fully saturated rings. The Morgan fingerprint density at radius 2 is 2.24 bits per heavy atom. The molecular formula is C15H17FN2O2S. The van der Waals surface area contributed by atoms with Gasteiger partial charge in [0, 0.05) is 12.3 Å². The van der Waals surface area contributed by atoms with Gasteiger partial charge in [-0.05, 0) is 30.7 Å². The quantitative estimate of drug-likeness (QED) is 0.798. The molecule has 0 radical (unpaired) electrons. The Bertz CT molecular complexity index is 601. The predicted molar refractivity (Wildman–Crippen MR) is 80.8 cm³/mol. The molecule has 1 aromatic carbocycles. The van der Waals surface area contributed by atoms with Gasteiger partial charge in [-0.15, -0.1) is 0 Å². The van der Waals surface area contributed by atoms with Crippen LogP contribution in [0, 0.1) is 12.7 Å². The summed E-state index contributed by atoms with van der Waals surface area (Å²) in [4.78, 5) is 15.6. The number of carbonyl (C=O) groups is 1. The number of rotatable bonds is 7. The lowest BCUT2D eigenvalue weighted by Crippen LogP contribution is -2.25. The molecule has 0 aliphatic heterocycles. The maximum absolute atomic E-state index is 13.4. The van der Waals surface area contributed by atoms with Crippen LogP contribution in [0.25, 0.3) is 0 Å². The molecule has 1 N–H and O–H groups in total. The van der Waals surface area contributed by atoms with E-state index in [0.29, 0.717) is 29.3 Å². The maximum Gasteiger partial charge on any atom is 0.273 e. The number of benzene rings is 1. The Balaban J connectivity index is 1.61. The van der Waals surface area contributed by atoms with Crippen molar-refractivity contribution >= 4 is 17.7 Å². The Kier molecular flexibility index (Phi) is 5.80. The zero-order valence-electron chi connectivity index (χ0n) is 11.8. The average molecular weight is 308 g/mol. The van der Waals surface area contributed by atoms with E-state index < -0.39 is 0 Å². The van der Waals surface area contributed by atoms with Gasteiger partial charge in [-0.1, -0.05) is 18.2 Å². The fourth-order valence-electron chi connectivity index (χ4n) is 1.78. The number of oxazole rings is 1. The first-order chi connectivity index (χ1) is 10.2. The van der Waals surface area contributed by atoms with E-state index in [0.717, 1.165) is 12.2 Å². The third-order valence-corrected chi connectivity index (χ3v) is 4.02. The Morgan fingerprint density at radius 1 is 1.43 bits per heavy atom. The molecule has 112 valence electrons. The fraction of sp³-hybridized carbons (Fsp3) is 0.333. The van der Waals surface area contributed by atoms with E-state index in [2.05, 4.69) is 10.3 Å². The van der Waals surface area contributed by atoms with Gasteiger partial charge < -0.3 is 9.73 Å². The maximum atomic E-state index is 13.4. The van der Waals surface area contributed by atoms with E-state index in [1.807, 2.05) is 6.07 Å². The highest BCUT2D eigenvalue weighted by Gasteiger charge is 2.12. The molecule has 2 aromatic rings. The average Bonchev–Trinajstić information content (AvgIpc) is 2.90. The van der Waals surface area contributed by atoms with E-state index >= 15 is 0 Å². The monoisotopic (exact) mass is 308 g/mol. The number of hydrogen-bond donors (Lipinski definition) is 1. The van der Waals surface area contributed by atoms with Crippen LogP contribution in [0.1, 0.15) is 28.2 Å². The zero-order chi connectivity index (χ0) is 15.1. The van der Waals surface area contributed by atoms with Gasteiger partial charge in [0.05, 0.1) is 0 Å². The van der Waals surface area contributed by atoms with Crippen molar-refractivity contribution in [2.45, 2.75) is 19.1 Å². The van der Waals surface area contributed by atoms with Crippen molar-refractivity contribution in [1.82, 2.24) is 10.3 Å². The number of thioether (sulfide) groups is 1. The smallest absolute Gasteiger partial charge is 0.273 e. The topological polar surface area (TPSA) is 55.1 Å². The summed E-state index contributed by atoms with van der Waals surface area (Å²) in [6, 6.07) is 6.78. The minimum Gasteiger partial charge on any atom is -0.448 e. The molecule has 0 unspecified atom stereocenters. The highest BCUT2D eigenvalue weighted by atomic mass is 32.2. The van der Waals surface area contributed by atoms with Gasteiger partial charge in [-0.3, -0.25) is 4.79 Å². The second kappa shape index (κ2) is 7.83. The van der Waals surface area contributed by atoms with Crippen LogP contribution in [-0.4, -0.2) is 23.2 Å². The van der Waals surface area contributed by atoms with Crippen molar-refractivity contribution in [2.24, 2.45) is 0 Å². The number of aromatic nitrogens is 1. The summed E-state index contributed by atoms with van der Waals surface area (Å²) in [7, 11) is 0.